The van der Waals surface area contributed by atoms with Crippen molar-refractivity contribution in [3.63, 3.8) is 0 Å². The Morgan fingerprint density at radius 1 is 1.75 bits per heavy atom. The van der Waals surface area contributed by atoms with Gasteiger partial charge >= 0.3 is 0 Å². The Bertz CT molecular complexity index is 211. The van der Waals surface area contributed by atoms with Crippen molar-refractivity contribution in [3.05, 3.63) is 12.3 Å². The van der Waals surface area contributed by atoms with Crippen LogP contribution in [0.25, 0.3) is 0 Å². The SMILES string of the molecule is C=C(C)NC1=NC(C)C(CC)S1. The minimum absolute atomic E-state index is 0.446. The van der Waals surface area contributed by atoms with Gasteiger partial charge in [-0.15, -0.1) is 0 Å². The number of amidine groups is 1. The standard InChI is InChI=1S/C9H16N2S/c1-5-8-7(4)11-9(12-8)10-6(2)3/h7-8H,2,5H2,1,3-4H3,(H,10,11). The molecule has 0 fully saturated rings. The fourth-order valence-corrected chi connectivity index (χ4v) is 2.38. The number of nitrogens with zero attached hydrogens (tertiary/aromatic N) is 1. The van der Waals surface area contributed by atoms with Crippen molar-refractivity contribution < 1.29 is 0 Å². The summed E-state index contributed by atoms with van der Waals surface area (Å²) in [5, 5.41) is 4.83. The molecule has 12 heavy (non-hydrogen) atoms. The first-order chi connectivity index (χ1) is 5.63. The molecule has 0 aromatic heterocycles. The molecule has 2 nitrogen and oxygen atoms in total. The zero-order valence-electron chi connectivity index (χ0n) is 7.92. The Balaban J connectivity index is 2.49. The van der Waals surface area contributed by atoms with Crippen LogP contribution >= 0.6 is 11.8 Å². The normalized spacial score (nSPS) is 28.4. The van der Waals surface area contributed by atoms with E-state index in [1.54, 1.807) is 0 Å². The monoisotopic (exact) mass is 184 g/mol. The van der Waals surface area contributed by atoms with E-state index in [2.05, 4.69) is 30.7 Å². The maximum atomic E-state index is 4.49. The molecule has 0 radical (unpaired) electrons. The van der Waals surface area contributed by atoms with E-state index in [1.807, 2.05) is 18.7 Å². The molecule has 2 unspecified atom stereocenters. The number of hydrogen-bond acceptors (Lipinski definition) is 3. The Kier molecular flexibility index (Phi) is 3.20. The van der Waals surface area contributed by atoms with Crippen LogP contribution < -0.4 is 5.32 Å². The van der Waals surface area contributed by atoms with Crippen molar-refractivity contribution in [3.8, 4) is 0 Å². The van der Waals surface area contributed by atoms with E-state index in [9.17, 15) is 0 Å². The van der Waals surface area contributed by atoms with E-state index < -0.39 is 0 Å². The second-order valence-corrected chi connectivity index (χ2v) is 4.37. The van der Waals surface area contributed by atoms with Crippen LogP contribution in [0.1, 0.15) is 27.2 Å². The van der Waals surface area contributed by atoms with Gasteiger partial charge < -0.3 is 5.32 Å². The Hall–Kier alpha value is -0.440. The van der Waals surface area contributed by atoms with Crippen molar-refractivity contribution in [1.82, 2.24) is 5.32 Å². The van der Waals surface area contributed by atoms with E-state index in [0.29, 0.717) is 11.3 Å². The highest BCUT2D eigenvalue weighted by Crippen LogP contribution is 2.28. The molecule has 0 aliphatic carbocycles. The highest BCUT2D eigenvalue weighted by molar-refractivity contribution is 8.14. The van der Waals surface area contributed by atoms with Crippen LogP contribution in [0, 0.1) is 0 Å². The molecule has 1 N–H and O–H groups in total. The van der Waals surface area contributed by atoms with Crippen molar-refractivity contribution in [2.45, 2.75) is 38.5 Å². The summed E-state index contributed by atoms with van der Waals surface area (Å²) in [6.45, 7) is 10.1. The number of hydrogen-bond donors (Lipinski definition) is 1. The fraction of sp³-hybridized carbons (Fsp3) is 0.667. The molecule has 0 spiro atoms. The first-order valence-corrected chi connectivity index (χ1v) is 5.18. The van der Waals surface area contributed by atoms with Crippen molar-refractivity contribution >= 4 is 16.9 Å². The predicted molar refractivity (Wildman–Crippen MR) is 56.5 cm³/mol. The topological polar surface area (TPSA) is 24.4 Å². The second-order valence-electron chi connectivity index (χ2n) is 3.14. The molecule has 0 bridgehead atoms. The summed E-state index contributed by atoms with van der Waals surface area (Å²) in [6.07, 6.45) is 1.18. The van der Waals surface area contributed by atoms with Crippen LogP contribution in [0.15, 0.2) is 17.3 Å². The lowest BCUT2D eigenvalue weighted by Crippen LogP contribution is -2.16. The second kappa shape index (κ2) is 3.99. The summed E-state index contributed by atoms with van der Waals surface area (Å²) < 4.78 is 0. The minimum Gasteiger partial charge on any atom is -0.340 e. The molecule has 2 atom stereocenters. The van der Waals surface area contributed by atoms with E-state index in [-0.39, 0.29) is 0 Å². The van der Waals surface area contributed by atoms with Crippen LogP contribution in [0.4, 0.5) is 0 Å². The summed E-state index contributed by atoms with van der Waals surface area (Å²) in [5.41, 5.74) is 0.963. The molecular weight excluding hydrogens is 168 g/mol. The highest BCUT2D eigenvalue weighted by atomic mass is 32.2. The molecule has 68 valence electrons. The number of aliphatic imine (C=N–C) groups is 1. The first kappa shape index (κ1) is 9.65. The third kappa shape index (κ3) is 2.27. The molecule has 0 aromatic carbocycles. The van der Waals surface area contributed by atoms with Gasteiger partial charge in [-0.25, -0.2) is 0 Å². The Labute approximate surface area is 78.5 Å². The van der Waals surface area contributed by atoms with E-state index >= 15 is 0 Å². The average molecular weight is 184 g/mol. The number of rotatable bonds is 2. The molecule has 1 aliphatic rings. The van der Waals surface area contributed by atoms with Crippen molar-refractivity contribution in [2.75, 3.05) is 0 Å². The zero-order chi connectivity index (χ0) is 9.14. The molecular formula is C9H16N2S. The molecule has 1 heterocycles. The van der Waals surface area contributed by atoms with Gasteiger partial charge in [0.15, 0.2) is 5.17 Å². The first-order valence-electron chi connectivity index (χ1n) is 4.30. The largest absolute Gasteiger partial charge is 0.340 e. The Morgan fingerprint density at radius 3 is 2.83 bits per heavy atom. The molecule has 3 heteroatoms. The maximum absolute atomic E-state index is 4.49. The smallest absolute Gasteiger partial charge is 0.161 e. The minimum atomic E-state index is 0.446. The average Bonchev–Trinajstić information content (AvgIpc) is 2.29. The summed E-state index contributed by atoms with van der Waals surface area (Å²) in [5.74, 6) is 0. The van der Waals surface area contributed by atoms with Crippen molar-refractivity contribution in [1.29, 1.82) is 0 Å². The van der Waals surface area contributed by atoms with Crippen LogP contribution in [0.5, 0.6) is 0 Å². The van der Waals surface area contributed by atoms with Gasteiger partial charge in [-0.05, 0) is 20.3 Å². The van der Waals surface area contributed by atoms with E-state index in [0.717, 1.165) is 10.9 Å². The third-order valence-electron chi connectivity index (χ3n) is 1.84. The van der Waals surface area contributed by atoms with Crippen LogP contribution in [0.2, 0.25) is 0 Å². The Morgan fingerprint density at radius 2 is 2.42 bits per heavy atom. The van der Waals surface area contributed by atoms with Gasteiger partial charge in [0.05, 0.1) is 6.04 Å². The lowest BCUT2D eigenvalue weighted by molar-refractivity contribution is 0.685. The fourth-order valence-electron chi connectivity index (χ4n) is 1.21. The molecule has 1 rings (SSSR count). The van der Waals surface area contributed by atoms with E-state index in [1.165, 1.54) is 6.42 Å². The molecule has 0 saturated heterocycles. The van der Waals surface area contributed by atoms with Gasteiger partial charge in [0.1, 0.15) is 0 Å². The molecule has 0 amide bonds. The van der Waals surface area contributed by atoms with Gasteiger partial charge in [0.25, 0.3) is 0 Å². The number of allylic oxidation sites excluding steroid dienone is 1. The van der Waals surface area contributed by atoms with Gasteiger partial charge in [0.2, 0.25) is 0 Å². The number of nitrogens with one attached hydrogen (secondary N) is 1. The molecule has 1 aliphatic heterocycles. The summed E-state index contributed by atoms with van der Waals surface area (Å²) >= 11 is 1.83. The highest BCUT2D eigenvalue weighted by Gasteiger charge is 2.24. The van der Waals surface area contributed by atoms with Gasteiger partial charge in [0, 0.05) is 10.9 Å². The summed E-state index contributed by atoms with van der Waals surface area (Å²) in [4.78, 5) is 4.49. The van der Waals surface area contributed by atoms with Crippen LogP contribution in [-0.2, 0) is 0 Å². The van der Waals surface area contributed by atoms with Gasteiger partial charge in [-0.1, -0.05) is 25.3 Å². The molecule has 0 aromatic rings. The maximum Gasteiger partial charge on any atom is 0.161 e. The van der Waals surface area contributed by atoms with E-state index in [4.69, 9.17) is 0 Å². The zero-order valence-corrected chi connectivity index (χ0v) is 8.74. The summed E-state index contributed by atoms with van der Waals surface area (Å²) in [6, 6.07) is 0.446. The molecule has 0 saturated carbocycles. The lowest BCUT2D eigenvalue weighted by Gasteiger charge is -2.08. The van der Waals surface area contributed by atoms with Crippen LogP contribution in [0.3, 0.4) is 0 Å². The predicted octanol–water partition coefficient (Wildman–Crippen LogP) is 2.38. The lowest BCUT2D eigenvalue weighted by atomic mass is 10.2. The van der Waals surface area contributed by atoms with Gasteiger partial charge in [-0.2, -0.15) is 0 Å². The van der Waals surface area contributed by atoms with Gasteiger partial charge in [-0.3, -0.25) is 4.99 Å². The van der Waals surface area contributed by atoms with Crippen molar-refractivity contribution in [2.24, 2.45) is 4.99 Å². The van der Waals surface area contributed by atoms with Crippen LogP contribution in [-0.4, -0.2) is 16.5 Å². The number of thioether (sulfide) groups is 1. The quantitative estimate of drug-likeness (QED) is 0.712. The summed E-state index contributed by atoms with van der Waals surface area (Å²) in [7, 11) is 0. The third-order valence-corrected chi connectivity index (χ3v) is 3.31.